The summed E-state index contributed by atoms with van der Waals surface area (Å²) in [6, 6.07) is 9.64. The van der Waals surface area contributed by atoms with E-state index in [0.717, 1.165) is 18.5 Å². The second kappa shape index (κ2) is 4.99. The maximum Gasteiger partial charge on any atom is 0.409 e. The maximum absolute atomic E-state index is 11.4. The Labute approximate surface area is 95.0 Å². The molecule has 2 rings (SSSR count). The summed E-state index contributed by atoms with van der Waals surface area (Å²) in [4.78, 5) is 13.1. The van der Waals surface area contributed by atoms with Crippen LogP contribution in [0.3, 0.4) is 0 Å². The number of nitrogens with zero attached hydrogens (tertiary/aromatic N) is 1. The van der Waals surface area contributed by atoms with Gasteiger partial charge in [-0.2, -0.15) is 0 Å². The quantitative estimate of drug-likeness (QED) is 0.840. The average molecular weight is 220 g/mol. The van der Waals surface area contributed by atoms with Gasteiger partial charge in [0.15, 0.2) is 0 Å². The fourth-order valence-electron chi connectivity index (χ4n) is 1.81. The summed E-state index contributed by atoms with van der Waals surface area (Å²) >= 11 is 0. The molecule has 4 heteroatoms. The smallest absolute Gasteiger partial charge is 0.409 e. The highest BCUT2D eigenvalue weighted by atomic mass is 16.6. The van der Waals surface area contributed by atoms with Crippen molar-refractivity contribution in [2.75, 3.05) is 19.7 Å². The first kappa shape index (κ1) is 11.0. The van der Waals surface area contributed by atoms with Crippen molar-refractivity contribution in [3.05, 3.63) is 35.9 Å². The van der Waals surface area contributed by atoms with Gasteiger partial charge in [0.25, 0.3) is 0 Å². The van der Waals surface area contributed by atoms with E-state index in [4.69, 9.17) is 10.5 Å². The van der Waals surface area contributed by atoms with E-state index in [-0.39, 0.29) is 12.1 Å². The van der Waals surface area contributed by atoms with Crippen LogP contribution in [0, 0.1) is 0 Å². The monoisotopic (exact) mass is 220 g/mol. The van der Waals surface area contributed by atoms with Crippen LogP contribution >= 0.6 is 0 Å². The van der Waals surface area contributed by atoms with Gasteiger partial charge in [-0.15, -0.1) is 0 Å². The van der Waals surface area contributed by atoms with Crippen LogP contribution in [0.25, 0.3) is 0 Å². The lowest BCUT2D eigenvalue weighted by molar-refractivity contribution is 0.0706. The van der Waals surface area contributed by atoms with Crippen molar-refractivity contribution < 1.29 is 9.53 Å². The molecule has 4 nitrogen and oxygen atoms in total. The van der Waals surface area contributed by atoms with Gasteiger partial charge in [0.05, 0.1) is 6.61 Å². The third-order valence-corrected chi connectivity index (χ3v) is 2.70. The molecule has 1 aliphatic heterocycles. The lowest BCUT2D eigenvalue weighted by Gasteiger charge is -2.28. The Bertz CT molecular complexity index is 353. The fraction of sp³-hybridized carbons (Fsp3) is 0.417. The molecule has 1 aliphatic rings. The molecule has 0 spiro atoms. The van der Waals surface area contributed by atoms with Crippen LogP contribution < -0.4 is 5.73 Å². The van der Waals surface area contributed by atoms with Crippen LogP contribution in [0.1, 0.15) is 18.0 Å². The Morgan fingerprint density at radius 3 is 2.81 bits per heavy atom. The second-order valence-corrected chi connectivity index (χ2v) is 3.93. The Balaban J connectivity index is 1.96. The largest absolute Gasteiger partial charge is 0.449 e. The molecule has 0 radical (unpaired) electrons. The topological polar surface area (TPSA) is 55.6 Å². The molecule has 1 heterocycles. The van der Waals surface area contributed by atoms with Crippen LogP contribution in [0.5, 0.6) is 0 Å². The molecule has 1 fully saturated rings. The number of carbonyl (C=O) groups is 1. The summed E-state index contributed by atoms with van der Waals surface area (Å²) in [6.07, 6.45) is 0.630. The lowest BCUT2D eigenvalue weighted by atomic mass is 10.1. The van der Waals surface area contributed by atoms with E-state index in [9.17, 15) is 4.79 Å². The molecule has 1 amide bonds. The number of nitrogens with two attached hydrogens (primary N) is 1. The molecule has 1 aromatic rings. The number of rotatable bonds is 3. The Hall–Kier alpha value is -1.55. The van der Waals surface area contributed by atoms with Crippen molar-refractivity contribution in [2.45, 2.75) is 12.5 Å². The van der Waals surface area contributed by atoms with Gasteiger partial charge in [0.1, 0.15) is 0 Å². The first-order valence-electron chi connectivity index (χ1n) is 5.49. The molecular weight excluding hydrogens is 204 g/mol. The zero-order valence-corrected chi connectivity index (χ0v) is 9.13. The van der Waals surface area contributed by atoms with Crippen molar-refractivity contribution in [1.29, 1.82) is 0 Å². The molecule has 0 aromatic heterocycles. The number of hydrogen-bond acceptors (Lipinski definition) is 3. The summed E-state index contributed by atoms with van der Waals surface area (Å²) in [5.41, 5.74) is 7.08. The zero-order valence-electron chi connectivity index (χ0n) is 9.13. The highest BCUT2D eigenvalue weighted by Gasteiger charge is 2.21. The van der Waals surface area contributed by atoms with Crippen molar-refractivity contribution in [3.8, 4) is 0 Å². The predicted octanol–water partition coefficient (Wildman–Crippen LogP) is 1.53. The predicted molar refractivity (Wildman–Crippen MR) is 60.9 cm³/mol. The van der Waals surface area contributed by atoms with E-state index in [1.165, 1.54) is 0 Å². The maximum atomic E-state index is 11.4. The van der Waals surface area contributed by atoms with Crippen molar-refractivity contribution in [2.24, 2.45) is 5.73 Å². The minimum atomic E-state index is -0.252. The van der Waals surface area contributed by atoms with E-state index in [0.29, 0.717) is 13.2 Å². The Morgan fingerprint density at radius 2 is 2.12 bits per heavy atom. The molecule has 16 heavy (non-hydrogen) atoms. The SMILES string of the molecule is NC(CN1CCCOC1=O)c1ccccc1. The van der Waals surface area contributed by atoms with E-state index in [1.807, 2.05) is 30.3 Å². The number of amides is 1. The minimum Gasteiger partial charge on any atom is -0.449 e. The van der Waals surface area contributed by atoms with Crippen LogP contribution in [-0.2, 0) is 4.74 Å². The van der Waals surface area contributed by atoms with Crippen LogP contribution in [0.15, 0.2) is 30.3 Å². The van der Waals surface area contributed by atoms with Gasteiger partial charge in [-0.25, -0.2) is 4.79 Å². The van der Waals surface area contributed by atoms with Gasteiger partial charge in [0.2, 0.25) is 0 Å². The summed E-state index contributed by atoms with van der Waals surface area (Å²) < 4.78 is 4.96. The number of hydrogen-bond donors (Lipinski definition) is 1. The molecule has 2 N–H and O–H groups in total. The molecule has 1 aromatic carbocycles. The van der Waals surface area contributed by atoms with Crippen LogP contribution in [-0.4, -0.2) is 30.7 Å². The Morgan fingerprint density at radius 1 is 1.38 bits per heavy atom. The van der Waals surface area contributed by atoms with Crippen LogP contribution in [0.4, 0.5) is 4.79 Å². The average Bonchev–Trinajstić information content (AvgIpc) is 2.33. The van der Waals surface area contributed by atoms with Gasteiger partial charge in [0, 0.05) is 19.1 Å². The molecular formula is C12H16N2O2. The number of ether oxygens (including phenoxy) is 1. The zero-order chi connectivity index (χ0) is 11.4. The first-order chi connectivity index (χ1) is 7.77. The molecule has 86 valence electrons. The summed E-state index contributed by atoms with van der Waals surface area (Å²) in [5.74, 6) is 0. The third-order valence-electron chi connectivity index (χ3n) is 2.70. The van der Waals surface area contributed by atoms with Gasteiger partial charge >= 0.3 is 6.09 Å². The van der Waals surface area contributed by atoms with E-state index < -0.39 is 0 Å². The molecule has 1 saturated heterocycles. The number of cyclic esters (lactones) is 1. The minimum absolute atomic E-state index is 0.146. The molecule has 0 bridgehead atoms. The first-order valence-corrected chi connectivity index (χ1v) is 5.49. The van der Waals surface area contributed by atoms with Crippen LogP contribution in [0.2, 0.25) is 0 Å². The summed E-state index contributed by atoms with van der Waals surface area (Å²) in [5, 5.41) is 0. The van der Waals surface area contributed by atoms with Crippen molar-refractivity contribution in [1.82, 2.24) is 4.90 Å². The Kier molecular flexibility index (Phi) is 3.41. The van der Waals surface area contributed by atoms with Gasteiger partial charge in [-0.1, -0.05) is 30.3 Å². The van der Waals surface area contributed by atoms with Gasteiger partial charge < -0.3 is 15.4 Å². The van der Waals surface area contributed by atoms with E-state index in [1.54, 1.807) is 4.90 Å². The molecule has 1 atom stereocenters. The summed E-state index contributed by atoms with van der Waals surface area (Å²) in [7, 11) is 0. The van der Waals surface area contributed by atoms with Crippen molar-refractivity contribution in [3.63, 3.8) is 0 Å². The van der Waals surface area contributed by atoms with Gasteiger partial charge in [-0.05, 0) is 12.0 Å². The second-order valence-electron chi connectivity index (χ2n) is 3.93. The van der Waals surface area contributed by atoms with Gasteiger partial charge in [-0.3, -0.25) is 0 Å². The summed E-state index contributed by atoms with van der Waals surface area (Å²) in [6.45, 7) is 1.78. The number of benzene rings is 1. The third kappa shape index (κ3) is 2.52. The molecule has 1 unspecified atom stereocenters. The fourth-order valence-corrected chi connectivity index (χ4v) is 1.81. The van der Waals surface area contributed by atoms with Crippen molar-refractivity contribution >= 4 is 6.09 Å². The van der Waals surface area contributed by atoms with E-state index in [2.05, 4.69) is 0 Å². The highest BCUT2D eigenvalue weighted by Crippen LogP contribution is 2.13. The molecule has 0 saturated carbocycles. The molecule has 0 aliphatic carbocycles. The normalized spacial score (nSPS) is 18.1. The highest BCUT2D eigenvalue weighted by molar-refractivity contribution is 5.68. The van der Waals surface area contributed by atoms with E-state index >= 15 is 0 Å². The standard InChI is InChI=1S/C12H16N2O2/c13-11(10-5-2-1-3-6-10)9-14-7-4-8-16-12(14)15/h1-3,5-6,11H,4,7-9,13H2. The number of carbonyl (C=O) groups excluding carboxylic acids is 1. The lowest BCUT2D eigenvalue weighted by Crippen LogP contribution is -2.41.